The molecular formula is C22H25NO4. The molecule has 0 saturated heterocycles. The van der Waals surface area contributed by atoms with Crippen LogP contribution in [0.2, 0.25) is 0 Å². The number of amides is 1. The van der Waals surface area contributed by atoms with Crippen LogP contribution in [0.5, 0.6) is 0 Å². The van der Waals surface area contributed by atoms with E-state index in [1.807, 2.05) is 50.2 Å². The highest BCUT2D eigenvalue weighted by atomic mass is 16.5. The summed E-state index contributed by atoms with van der Waals surface area (Å²) in [5, 5.41) is 11.9. The number of carbonyl (C=O) groups excluding carboxylic acids is 1. The molecular weight excluding hydrogens is 342 g/mol. The van der Waals surface area contributed by atoms with Gasteiger partial charge in [-0.05, 0) is 34.6 Å². The summed E-state index contributed by atoms with van der Waals surface area (Å²) in [4.78, 5) is 23.7. The number of carbonyl (C=O) groups is 2. The monoisotopic (exact) mass is 367 g/mol. The lowest BCUT2D eigenvalue weighted by atomic mass is 9.97. The number of benzene rings is 2. The Balaban J connectivity index is 1.69. The number of fused-ring (bicyclic) bond motifs is 3. The first-order valence-corrected chi connectivity index (χ1v) is 9.37. The van der Waals surface area contributed by atoms with E-state index in [9.17, 15) is 14.7 Å². The van der Waals surface area contributed by atoms with Gasteiger partial charge in [-0.15, -0.1) is 0 Å². The number of carboxylic acids is 1. The quantitative estimate of drug-likeness (QED) is 0.760. The number of hydrogen-bond acceptors (Lipinski definition) is 3. The third-order valence-electron chi connectivity index (χ3n) is 5.20. The molecule has 0 unspecified atom stereocenters. The number of alkyl carbamates (subject to hydrolysis) is 1. The predicted molar refractivity (Wildman–Crippen MR) is 104 cm³/mol. The van der Waals surface area contributed by atoms with Gasteiger partial charge in [-0.3, -0.25) is 0 Å². The van der Waals surface area contributed by atoms with Crippen LogP contribution in [0.15, 0.2) is 48.5 Å². The van der Waals surface area contributed by atoms with Crippen LogP contribution < -0.4 is 5.32 Å². The summed E-state index contributed by atoms with van der Waals surface area (Å²) in [6.45, 7) is 3.99. The highest BCUT2D eigenvalue weighted by Gasteiger charge is 2.30. The van der Waals surface area contributed by atoms with Crippen molar-refractivity contribution in [3.63, 3.8) is 0 Å². The van der Waals surface area contributed by atoms with Gasteiger partial charge in [-0.25, -0.2) is 9.59 Å². The molecule has 0 aromatic heterocycles. The van der Waals surface area contributed by atoms with E-state index in [2.05, 4.69) is 17.4 Å². The maximum atomic E-state index is 12.3. The number of ether oxygens (including phenoxy) is 1. The number of nitrogens with one attached hydrogen (secondary N) is 1. The summed E-state index contributed by atoms with van der Waals surface area (Å²) in [7, 11) is 0. The lowest BCUT2D eigenvalue weighted by Gasteiger charge is -2.21. The van der Waals surface area contributed by atoms with E-state index in [1.165, 1.54) is 0 Å². The lowest BCUT2D eigenvalue weighted by Crippen LogP contribution is -2.45. The van der Waals surface area contributed by atoms with E-state index < -0.39 is 18.1 Å². The Labute approximate surface area is 159 Å². The topological polar surface area (TPSA) is 75.6 Å². The lowest BCUT2D eigenvalue weighted by molar-refractivity contribution is -0.140. The first kappa shape index (κ1) is 19.0. The fourth-order valence-corrected chi connectivity index (χ4v) is 3.84. The Bertz CT molecular complexity index is 787. The predicted octanol–water partition coefficient (Wildman–Crippen LogP) is 4.41. The molecule has 27 heavy (non-hydrogen) atoms. The second-order valence-corrected chi connectivity index (χ2v) is 7.05. The molecule has 2 aromatic carbocycles. The maximum Gasteiger partial charge on any atom is 0.407 e. The van der Waals surface area contributed by atoms with E-state index in [-0.39, 0.29) is 18.4 Å². The van der Waals surface area contributed by atoms with Gasteiger partial charge in [-0.1, -0.05) is 68.8 Å². The fourth-order valence-electron chi connectivity index (χ4n) is 3.84. The Morgan fingerprint density at radius 1 is 1.07 bits per heavy atom. The first-order valence-electron chi connectivity index (χ1n) is 9.37. The fraction of sp³-hybridized carbons (Fsp3) is 0.364. The molecule has 3 rings (SSSR count). The van der Waals surface area contributed by atoms with E-state index in [1.54, 1.807) is 0 Å². The zero-order chi connectivity index (χ0) is 19.4. The van der Waals surface area contributed by atoms with Gasteiger partial charge in [0.05, 0.1) is 0 Å². The molecule has 1 aliphatic carbocycles. The number of rotatable bonds is 7. The van der Waals surface area contributed by atoms with Gasteiger partial charge in [-0.2, -0.15) is 0 Å². The number of hydrogen-bond donors (Lipinski definition) is 2. The highest BCUT2D eigenvalue weighted by molar-refractivity contribution is 5.81. The molecule has 5 heteroatoms. The summed E-state index contributed by atoms with van der Waals surface area (Å²) in [5.41, 5.74) is 4.56. The molecule has 1 aliphatic rings. The molecule has 0 bridgehead atoms. The van der Waals surface area contributed by atoms with Gasteiger partial charge >= 0.3 is 12.1 Å². The highest BCUT2D eigenvalue weighted by Crippen LogP contribution is 2.44. The second kappa shape index (κ2) is 8.25. The minimum atomic E-state index is -1.04. The SMILES string of the molecule is CCC[C@H](C)[C@@H](NC(=O)OCC1c2ccccc2-c2ccccc21)C(=O)O. The van der Waals surface area contributed by atoms with Crippen molar-refractivity contribution in [2.24, 2.45) is 5.92 Å². The minimum Gasteiger partial charge on any atom is -0.480 e. The van der Waals surface area contributed by atoms with Crippen molar-refractivity contribution in [1.29, 1.82) is 0 Å². The standard InChI is InChI=1S/C22H25NO4/c1-3-8-14(2)20(21(24)25)23-22(26)27-13-19-17-11-6-4-9-15(17)16-10-5-7-12-18(16)19/h4-7,9-12,14,19-20H,3,8,13H2,1-2H3,(H,23,26)(H,24,25)/t14-,20+/m0/s1. The molecule has 0 radical (unpaired) electrons. The Kier molecular flexibility index (Phi) is 5.79. The Hall–Kier alpha value is -2.82. The van der Waals surface area contributed by atoms with Gasteiger partial charge < -0.3 is 15.2 Å². The average Bonchev–Trinajstić information content (AvgIpc) is 2.98. The molecule has 0 fully saturated rings. The van der Waals surface area contributed by atoms with Crippen LogP contribution in [0, 0.1) is 5.92 Å². The smallest absolute Gasteiger partial charge is 0.407 e. The number of aliphatic carboxylic acids is 1. The van der Waals surface area contributed by atoms with Crippen molar-refractivity contribution in [3.05, 3.63) is 59.7 Å². The van der Waals surface area contributed by atoms with Gasteiger partial charge in [0, 0.05) is 5.92 Å². The van der Waals surface area contributed by atoms with Gasteiger partial charge in [0.2, 0.25) is 0 Å². The largest absolute Gasteiger partial charge is 0.480 e. The molecule has 5 nitrogen and oxygen atoms in total. The van der Waals surface area contributed by atoms with Crippen LogP contribution in [0.4, 0.5) is 4.79 Å². The normalized spacial score (nSPS) is 14.7. The average molecular weight is 367 g/mol. The first-order chi connectivity index (χ1) is 13.0. The molecule has 0 spiro atoms. The van der Waals surface area contributed by atoms with Crippen molar-refractivity contribution in [2.45, 2.75) is 38.6 Å². The third kappa shape index (κ3) is 3.97. The van der Waals surface area contributed by atoms with E-state index in [0.29, 0.717) is 0 Å². The van der Waals surface area contributed by atoms with Crippen molar-refractivity contribution >= 4 is 12.1 Å². The molecule has 2 N–H and O–H groups in total. The molecule has 142 valence electrons. The molecule has 1 amide bonds. The Morgan fingerprint density at radius 2 is 1.63 bits per heavy atom. The molecule has 0 saturated carbocycles. The van der Waals surface area contributed by atoms with Crippen LogP contribution in [0.1, 0.15) is 43.7 Å². The molecule has 2 atom stereocenters. The summed E-state index contributed by atoms with van der Waals surface area (Å²) in [6.07, 6.45) is 0.894. The van der Waals surface area contributed by atoms with Crippen LogP contribution in [-0.4, -0.2) is 29.8 Å². The van der Waals surface area contributed by atoms with Crippen LogP contribution in [0.3, 0.4) is 0 Å². The van der Waals surface area contributed by atoms with Gasteiger partial charge in [0.15, 0.2) is 0 Å². The third-order valence-corrected chi connectivity index (χ3v) is 5.20. The van der Waals surface area contributed by atoms with Crippen LogP contribution >= 0.6 is 0 Å². The summed E-state index contributed by atoms with van der Waals surface area (Å²) >= 11 is 0. The zero-order valence-corrected chi connectivity index (χ0v) is 15.6. The summed E-state index contributed by atoms with van der Waals surface area (Å²) < 4.78 is 5.44. The van der Waals surface area contributed by atoms with Crippen LogP contribution in [0.25, 0.3) is 11.1 Å². The molecule has 2 aromatic rings. The maximum absolute atomic E-state index is 12.3. The molecule has 0 heterocycles. The van der Waals surface area contributed by atoms with Crippen molar-refractivity contribution in [2.75, 3.05) is 6.61 Å². The van der Waals surface area contributed by atoms with Gasteiger partial charge in [0.1, 0.15) is 12.6 Å². The minimum absolute atomic E-state index is 0.0421. The number of carboxylic acid groups (broad SMARTS) is 1. The zero-order valence-electron chi connectivity index (χ0n) is 15.6. The van der Waals surface area contributed by atoms with Crippen molar-refractivity contribution in [3.8, 4) is 11.1 Å². The molecule has 0 aliphatic heterocycles. The van der Waals surface area contributed by atoms with Crippen LogP contribution in [-0.2, 0) is 9.53 Å². The van der Waals surface area contributed by atoms with E-state index in [0.717, 1.165) is 35.1 Å². The summed E-state index contributed by atoms with van der Waals surface area (Å²) in [6, 6.07) is 15.2. The van der Waals surface area contributed by atoms with Crippen molar-refractivity contribution in [1.82, 2.24) is 5.32 Å². The summed E-state index contributed by atoms with van der Waals surface area (Å²) in [5.74, 6) is -1.24. The Morgan fingerprint density at radius 3 is 2.15 bits per heavy atom. The van der Waals surface area contributed by atoms with E-state index >= 15 is 0 Å². The van der Waals surface area contributed by atoms with E-state index in [4.69, 9.17) is 4.74 Å². The van der Waals surface area contributed by atoms with Crippen molar-refractivity contribution < 1.29 is 19.4 Å². The van der Waals surface area contributed by atoms with Gasteiger partial charge in [0.25, 0.3) is 0 Å². The second-order valence-electron chi connectivity index (χ2n) is 7.05.